The summed E-state index contributed by atoms with van der Waals surface area (Å²) in [5, 5.41) is 18.0. The van der Waals surface area contributed by atoms with E-state index >= 15 is 0 Å². The summed E-state index contributed by atoms with van der Waals surface area (Å²) in [4.78, 5) is 14.9. The fourth-order valence-electron chi connectivity index (χ4n) is 2.36. The maximum atomic E-state index is 10.7. The number of guanidine groups is 1. The molecular formula is C19H24ClIN4O3. The molecule has 0 aliphatic carbocycles. The monoisotopic (exact) mass is 518 g/mol. The molecule has 0 aliphatic heterocycles. The van der Waals surface area contributed by atoms with Crippen LogP contribution >= 0.6 is 35.6 Å². The highest BCUT2D eigenvalue weighted by atomic mass is 127. The fourth-order valence-corrected chi connectivity index (χ4v) is 2.48. The first kappa shape index (κ1) is 24.1. The molecule has 2 aromatic rings. The summed E-state index contributed by atoms with van der Waals surface area (Å²) in [5.41, 5.74) is 2.03. The van der Waals surface area contributed by atoms with Crippen molar-refractivity contribution in [1.29, 1.82) is 0 Å². The van der Waals surface area contributed by atoms with Crippen LogP contribution in [0.25, 0.3) is 0 Å². The third-order valence-electron chi connectivity index (χ3n) is 3.89. The van der Waals surface area contributed by atoms with Gasteiger partial charge in [-0.1, -0.05) is 35.9 Å². The largest absolute Gasteiger partial charge is 0.383 e. The molecule has 0 bridgehead atoms. The molecule has 152 valence electrons. The van der Waals surface area contributed by atoms with Crippen molar-refractivity contribution in [1.82, 2.24) is 10.6 Å². The minimum atomic E-state index is -0.417. The Morgan fingerprint density at radius 2 is 1.86 bits per heavy atom. The lowest BCUT2D eigenvalue weighted by atomic mass is 10.1. The summed E-state index contributed by atoms with van der Waals surface area (Å²) in [5.74, 6) is 0.632. The molecule has 0 aromatic heterocycles. The molecule has 1 unspecified atom stereocenters. The number of nitro benzene ring substituents is 1. The van der Waals surface area contributed by atoms with Crippen LogP contribution in [0.15, 0.2) is 53.5 Å². The van der Waals surface area contributed by atoms with Crippen LogP contribution < -0.4 is 10.6 Å². The zero-order valence-electron chi connectivity index (χ0n) is 15.7. The lowest BCUT2D eigenvalue weighted by Gasteiger charge is -2.19. The van der Waals surface area contributed by atoms with Gasteiger partial charge in [-0.25, -0.2) is 4.99 Å². The molecule has 0 radical (unpaired) electrons. The van der Waals surface area contributed by atoms with Gasteiger partial charge in [-0.05, 0) is 30.2 Å². The number of nitrogens with one attached hydrogen (secondary N) is 2. The Morgan fingerprint density at radius 3 is 2.43 bits per heavy atom. The number of aliphatic imine (C=N–C) groups is 1. The number of nitro groups is 1. The van der Waals surface area contributed by atoms with Crippen LogP contribution in [-0.2, 0) is 11.3 Å². The van der Waals surface area contributed by atoms with Crippen molar-refractivity contribution >= 4 is 47.2 Å². The smallest absolute Gasteiger partial charge is 0.269 e. The average Bonchev–Trinajstić information content (AvgIpc) is 2.67. The molecule has 0 amide bonds. The van der Waals surface area contributed by atoms with Crippen LogP contribution in [0.4, 0.5) is 5.69 Å². The summed E-state index contributed by atoms with van der Waals surface area (Å²) < 4.78 is 5.07. The third kappa shape index (κ3) is 7.99. The number of benzene rings is 2. The van der Waals surface area contributed by atoms with E-state index in [-0.39, 0.29) is 35.7 Å². The van der Waals surface area contributed by atoms with E-state index in [0.29, 0.717) is 30.7 Å². The summed E-state index contributed by atoms with van der Waals surface area (Å²) in [6.07, 6.45) is 0. The number of ether oxygens (including phenoxy) is 1. The van der Waals surface area contributed by atoms with Crippen LogP contribution in [0.2, 0.25) is 5.02 Å². The van der Waals surface area contributed by atoms with Crippen LogP contribution in [0.5, 0.6) is 0 Å². The lowest BCUT2D eigenvalue weighted by molar-refractivity contribution is -0.384. The van der Waals surface area contributed by atoms with Crippen LogP contribution in [-0.4, -0.2) is 31.1 Å². The quantitative estimate of drug-likeness (QED) is 0.136. The van der Waals surface area contributed by atoms with Crippen molar-refractivity contribution in [2.24, 2.45) is 4.99 Å². The highest BCUT2D eigenvalue weighted by molar-refractivity contribution is 14.0. The average molecular weight is 519 g/mol. The van der Waals surface area contributed by atoms with Gasteiger partial charge in [0.05, 0.1) is 24.1 Å². The van der Waals surface area contributed by atoms with Crippen molar-refractivity contribution in [2.45, 2.75) is 19.5 Å². The van der Waals surface area contributed by atoms with Gasteiger partial charge in [-0.3, -0.25) is 10.1 Å². The van der Waals surface area contributed by atoms with E-state index in [9.17, 15) is 10.1 Å². The predicted octanol–water partition coefficient (Wildman–Crippen LogP) is 4.31. The van der Waals surface area contributed by atoms with Gasteiger partial charge in [-0.15, -0.1) is 24.0 Å². The maximum absolute atomic E-state index is 10.7. The minimum absolute atomic E-state index is 0. The topological polar surface area (TPSA) is 88.8 Å². The number of non-ortho nitro benzene ring substituents is 1. The van der Waals surface area contributed by atoms with E-state index in [4.69, 9.17) is 16.3 Å². The second-order valence-corrected chi connectivity index (χ2v) is 6.36. The van der Waals surface area contributed by atoms with Gasteiger partial charge in [0.15, 0.2) is 5.96 Å². The van der Waals surface area contributed by atoms with Gasteiger partial charge < -0.3 is 15.4 Å². The first-order chi connectivity index (χ1) is 13.0. The van der Waals surface area contributed by atoms with Crippen LogP contribution in [0.3, 0.4) is 0 Å². The molecule has 0 spiro atoms. The van der Waals surface area contributed by atoms with Crippen molar-refractivity contribution in [3.63, 3.8) is 0 Å². The second kappa shape index (κ2) is 12.5. The summed E-state index contributed by atoms with van der Waals surface area (Å²) in [6.45, 7) is 3.58. The third-order valence-corrected chi connectivity index (χ3v) is 4.14. The molecule has 0 saturated carbocycles. The van der Waals surface area contributed by atoms with Gasteiger partial charge >= 0.3 is 0 Å². The number of halogens is 2. The Labute approximate surface area is 186 Å². The van der Waals surface area contributed by atoms with E-state index in [1.165, 1.54) is 12.1 Å². The first-order valence-corrected chi connectivity index (χ1v) is 8.90. The number of rotatable bonds is 8. The van der Waals surface area contributed by atoms with E-state index in [2.05, 4.69) is 15.6 Å². The van der Waals surface area contributed by atoms with Gasteiger partial charge in [0.2, 0.25) is 0 Å². The van der Waals surface area contributed by atoms with E-state index in [1.807, 2.05) is 31.2 Å². The van der Waals surface area contributed by atoms with Crippen molar-refractivity contribution in [2.75, 3.05) is 20.3 Å². The molecule has 0 fully saturated rings. The Kier molecular flexibility index (Phi) is 10.8. The van der Waals surface area contributed by atoms with E-state index < -0.39 is 4.92 Å². The highest BCUT2D eigenvalue weighted by Crippen LogP contribution is 2.16. The van der Waals surface area contributed by atoms with Crippen LogP contribution in [0.1, 0.15) is 24.1 Å². The molecule has 0 saturated heterocycles. The SMILES string of the molecule is COCCNC(=NCc1ccc([N+](=O)[O-])cc1)NC(C)c1ccc(Cl)cc1.I. The zero-order valence-corrected chi connectivity index (χ0v) is 18.8. The fraction of sp³-hybridized carbons (Fsp3) is 0.316. The second-order valence-electron chi connectivity index (χ2n) is 5.93. The molecule has 2 rings (SSSR count). The molecule has 1 atom stereocenters. The van der Waals surface area contributed by atoms with E-state index in [1.54, 1.807) is 19.2 Å². The number of hydrogen-bond acceptors (Lipinski definition) is 4. The number of nitrogens with zero attached hydrogens (tertiary/aromatic N) is 2. The van der Waals surface area contributed by atoms with Crippen molar-refractivity contribution in [3.8, 4) is 0 Å². The summed E-state index contributed by atoms with van der Waals surface area (Å²) in [7, 11) is 1.64. The molecule has 0 aliphatic rings. The van der Waals surface area contributed by atoms with Gasteiger partial charge in [0, 0.05) is 30.8 Å². The Balaban J connectivity index is 0.00000392. The maximum Gasteiger partial charge on any atom is 0.269 e. The lowest BCUT2D eigenvalue weighted by Crippen LogP contribution is -2.40. The van der Waals surface area contributed by atoms with Crippen molar-refractivity contribution in [3.05, 3.63) is 74.8 Å². The Morgan fingerprint density at radius 1 is 1.21 bits per heavy atom. The van der Waals surface area contributed by atoms with Crippen molar-refractivity contribution < 1.29 is 9.66 Å². The zero-order chi connectivity index (χ0) is 19.6. The molecule has 28 heavy (non-hydrogen) atoms. The first-order valence-electron chi connectivity index (χ1n) is 8.52. The molecule has 7 nitrogen and oxygen atoms in total. The predicted molar refractivity (Wildman–Crippen MR) is 123 cm³/mol. The van der Waals surface area contributed by atoms with E-state index in [0.717, 1.165) is 11.1 Å². The molecule has 0 heterocycles. The standard InChI is InChI=1S/C19H23ClN4O3.HI/c1-14(16-5-7-17(20)8-6-16)23-19(21-11-12-27-2)22-13-15-3-9-18(10-4-15)24(25)26;/h3-10,14H,11-13H2,1-2H3,(H2,21,22,23);1H. The van der Waals surface area contributed by atoms with Gasteiger partial charge in [0.1, 0.15) is 0 Å². The number of hydrogen-bond donors (Lipinski definition) is 2. The van der Waals surface area contributed by atoms with Crippen LogP contribution in [0, 0.1) is 10.1 Å². The molecule has 9 heteroatoms. The molecule has 2 aromatic carbocycles. The molecular weight excluding hydrogens is 495 g/mol. The normalized spacial score (nSPS) is 12.0. The summed E-state index contributed by atoms with van der Waals surface area (Å²) in [6, 6.07) is 14.0. The highest BCUT2D eigenvalue weighted by Gasteiger charge is 2.09. The van der Waals surface area contributed by atoms with Gasteiger partial charge in [0.25, 0.3) is 5.69 Å². The number of methoxy groups -OCH3 is 1. The summed E-state index contributed by atoms with van der Waals surface area (Å²) >= 11 is 5.94. The van der Waals surface area contributed by atoms with Gasteiger partial charge in [-0.2, -0.15) is 0 Å². The molecule has 2 N–H and O–H groups in total. The Hall–Kier alpha value is -1.91. The Bertz CT molecular complexity index is 770. The minimum Gasteiger partial charge on any atom is -0.383 e.